The van der Waals surface area contributed by atoms with Gasteiger partial charge in [-0.1, -0.05) is 35.9 Å². The summed E-state index contributed by atoms with van der Waals surface area (Å²) in [6.45, 7) is 4.31. The zero-order valence-corrected chi connectivity index (χ0v) is 17.7. The Balaban J connectivity index is 1.91. The highest BCUT2D eigenvalue weighted by Gasteiger charge is 2.25. The van der Waals surface area contributed by atoms with Crippen molar-refractivity contribution in [3.63, 3.8) is 0 Å². The zero-order chi connectivity index (χ0) is 21.4. The Morgan fingerprint density at radius 1 is 1.10 bits per heavy atom. The van der Waals surface area contributed by atoms with Crippen LogP contribution in [0.2, 0.25) is 5.02 Å². The summed E-state index contributed by atoms with van der Waals surface area (Å²) in [5.74, 6) is -0.0220. The van der Waals surface area contributed by atoms with E-state index in [4.69, 9.17) is 11.6 Å². The standard InChI is InChI=1S/C24H21ClFN3O/c1-15-16(2)28(3)21-12-13-27-23(22(15)21)29(14-17-8-10-18(26)11-9-17)24(30)19-6-4-5-7-20(19)25/h4-13H,14H2,1-3H3. The quantitative estimate of drug-likeness (QED) is 0.415. The van der Waals surface area contributed by atoms with Crippen molar-refractivity contribution < 1.29 is 9.18 Å². The molecule has 0 radical (unpaired) electrons. The number of hydrogen-bond donors (Lipinski definition) is 0. The van der Waals surface area contributed by atoms with E-state index in [2.05, 4.69) is 9.55 Å². The van der Waals surface area contributed by atoms with E-state index in [0.29, 0.717) is 16.4 Å². The van der Waals surface area contributed by atoms with Gasteiger partial charge < -0.3 is 4.57 Å². The van der Waals surface area contributed by atoms with Crippen LogP contribution in [0, 0.1) is 19.7 Å². The van der Waals surface area contributed by atoms with Crippen LogP contribution in [0.5, 0.6) is 0 Å². The number of aromatic nitrogens is 2. The Morgan fingerprint density at radius 2 is 1.80 bits per heavy atom. The smallest absolute Gasteiger partial charge is 0.261 e. The van der Waals surface area contributed by atoms with Gasteiger partial charge in [0.1, 0.15) is 11.6 Å². The number of anilines is 1. The lowest BCUT2D eigenvalue weighted by atomic mass is 10.1. The topological polar surface area (TPSA) is 38.1 Å². The van der Waals surface area contributed by atoms with E-state index in [0.717, 1.165) is 27.7 Å². The van der Waals surface area contributed by atoms with Gasteiger partial charge in [0.15, 0.2) is 0 Å². The van der Waals surface area contributed by atoms with Gasteiger partial charge in [0.2, 0.25) is 0 Å². The van der Waals surface area contributed by atoms with Gasteiger partial charge in [0, 0.05) is 24.3 Å². The SMILES string of the molecule is Cc1c(C)n(C)c2ccnc(N(Cc3ccc(F)cc3)C(=O)c3ccccc3Cl)c12. The van der Waals surface area contributed by atoms with E-state index in [1.165, 1.54) is 12.1 Å². The summed E-state index contributed by atoms with van der Waals surface area (Å²) in [5.41, 5.74) is 4.34. The first-order chi connectivity index (χ1) is 14.4. The Bertz CT molecular complexity index is 1250. The summed E-state index contributed by atoms with van der Waals surface area (Å²) < 4.78 is 15.5. The number of benzene rings is 2. The molecule has 0 bridgehead atoms. The van der Waals surface area contributed by atoms with Crippen molar-refractivity contribution in [1.29, 1.82) is 0 Å². The highest BCUT2D eigenvalue weighted by molar-refractivity contribution is 6.34. The lowest BCUT2D eigenvalue weighted by Gasteiger charge is -2.24. The summed E-state index contributed by atoms with van der Waals surface area (Å²) in [4.78, 5) is 19.8. The number of carbonyl (C=O) groups excluding carboxylic acids is 1. The number of rotatable bonds is 4. The van der Waals surface area contributed by atoms with E-state index in [1.54, 1.807) is 47.5 Å². The average Bonchev–Trinajstić information content (AvgIpc) is 2.97. The van der Waals surface area contributed by atoms with Crippen molar-refractivity contribution in [2.24, 2.45) is 7.05 Å². The van der Waals surface area contributed by atoms with Crippen LogP contribution in [0.1, 0.15) is 27.2 Å². The van der Waals surface area contributed by atoms with Crippen molar-refractivity contribution in [3.8, 4) is 0 Å². The van der Waals surface area contributed by atoms with Crippen LogP contribution in [0.15, 0.2) is 60.8 Å². The molecule has 0 aliphatic carbocycles. The first kappa shape index (κ1) is 20.1. The molecule has 2 aromatic heterocycles. The molecule has 0 aliphatic rings. The molecule has 0 saturated heterocycles. The number of halogens is 2. The summed E-state index contributed by atoms with van der Waals surface area (Å²) in [7, 11) is 1.99. The molecule has 0 atom stereocenters. The molecule has 0 aliphatic heterocycles. The summed E-state index contributed by atoms with van der Waals surface area (Å²) >= 11 is 6.33. The molecule has 0 unspecified atom stereocenters. The largest absolute Gasteiger partial charge is 0.348 e. The molecular weight excluding hydrogens is 401 g/mol. The maximum Gasteiger partial charge on any atom is 0.261 e. The van der Waals surface area contributed by atoms with Gasteiger partial charge in [-0.15, -0.1) is 0 Å². The van der Waals surface area contributed by atoms with Crippen molar-refractivity contribution in [2.75, 3.05) is 4.90 Å². The summed E-state index contributed by atoms with van der Waals surface area (Å²) in [5, 5.41) is 1.29. The van der Waals surface area contributed by atoms with Gasteiger partial charge in [-0.05, 0) is 55.3 Å². The normalized spacial score (nSPS) is 11.1. The van der Waals surface area contributed by atoms with E-state index >= 15 is 0 Å². The van der Waals surface area contributed by atoms with Gasteiger partial charge in [-0.2, -0.15) is 0 Å². The highest BCUT2D eigenvalue weighted by Crippen LogP contribution is 2.33. The van der Waals surface area contributed by atoms with Gasteiger partial charge in [-0.3, -0.25) is 9.69 Å². The van der Waals surface area contributed by atoms with Crippen LogP contribution < -0.4 is 4.90 Å². The molecule has 4 rings (SSSR count). The number of nitrogens with zero attached hydrogens (tertiary/aromatic N) is 3. The van der Waals surface area contributed by atoms with E-state index in [9.17, 15) is 9.18 Å². The lowest BCUT2D eigenvalue weighted by molar-refractivity contribution is 0.0984. The molecule has 4 aromatic rings. The lowest BCUT2D eigenvalue weighted by Crippen LogP contribution is -2.31. The second-order valence-corrected chi connectivity index (χ2v) is 7.70. The fraction of sp³-hybridized carbons (Fsp3) is 0.167. The van der Waals surface area contributed by atoms with Gasteiger partial charge in [0.05, 0.1) is 22.6 Å². The van der Waals surface area contributed by atoms with Crippen LogP contribution in [-0.4, -0.2) is 15.5 Å². The second-order valence-electron chi connectivity index (χ2n) is 7.30. The molecule has 4 nitrogen and oxygen atoms in total. The third kappa shape index (κ3) is 3.46. The van der Waals surface area contributed by atoms with Crippen molar-refractivity contribution in [3.05, 3.63) is 94.0 Å². The third-order valence-electron chi connectivity index (χ3n) is 5.55. The van der Waals surface area contributed by atoms with Crippen molar-refractivity contribution >= 4 is 34.2 Å². The van der Waals surface area contributed by atoms with Gasteiger partial charge in [-0.25, -0.2) is 9.37 Å². The molecule has 0 saturated carbocycles. The maximum atomic E-state index is 13.6. The number of aryl methyl sites for hydroxylation is 2. The van der Waals surface area contributed by atoms with Crippen LogP contribution in [0.4, 0.5) is 10.2 Å². The summed E-state index contributed by atoms with van der Waals surface area (Å²) in [6, 6.07) is 15.0. The second kappa shape index (κ2) is 7.92. The molecule has 1 amide bonds. The number of amides is 1. The third-order valence-corrected chi connectivity index (χ3v) is 5.88. The molecule has 0 N–H and O–H groups in total. The Hall–Kier alpha value is -3.18. The minimum atomic E-state index is -0.322. The van der Waals surface area contributed by atoms with E-state index < -0.39 is 0 Å². The van der Waals surface area contributed by atoms with Gasteiger partial charge >= 0.3 is 0 Å². The Kier molecular flexibility index (Phi) is 5.31. The Labute approximate surface area is 179 Å². The molecule has 6 heteroatoms. The molecule has 0 fully saturated rings. The van der Waals surface area contributed by atoms with Gasteiger partial charge in [0.25, 0.3) is 5.91 Å². The number of fused-ring (bicyclic) bond motifs is 1. The predicted octanol–water partition coefficient (Wildman–Crippen LogP) is 5.83. The minimum absolute atomic E-state index is 0.240. The fourth-order valence-corrected chi connectivity index (χ4v) is 3.91. The van der Waals surface area contributed by atoms with Crippen LogP contribution in [-0.2, 0) is 13.6 Å². The van der Waals surface area contributed by atoms with Crippen LogP contribution >= 0.6 is 11.6 Å². The number of carbonyl (C=O) groups is 1. The predicted molar refractivity (Wildman–Crippen MR) is 119 cm³/mol. The molecule has 2 heterocycles. The maximum absolute atomic E-state index is 13.6. The monoisotopic (exact) mass is 421 g/mol. The van der Waals surface area contributed by atoms with Crippen molar-refractivity contribution in [1.82, 2.24) is 9.55 Å². The molecule has 0 spiro atoms. The number of hydrogen-bond acceptors (Lipinski definition) is 2. The summed E-state index contributed by atoms with van der Waals surface area (Å²) in [6.07, 6.45) is 1.70. The fourth-order valence-electron chi connectivity index (χ4n) is 3.69. The van der Waals surface area contributed by atoms with E-state index in [-0.39, 0.29) is 18.3 Å². The molecular formula is C24H21ClFN3O. The Morgan fingerprint density at radius 3 is 2.50 bits per heavy atom. The average molecular weight is 422 g/mol. The van der Waals surface area contributed by atoms with Crippen LogP contribution in [0.25, 0.3) is 10.9 Å². The molecule has 30 heavy (non-hydrogen) atoms. The minimum Gasteiger partial charge on any atom is -0.348 e. The molecule has 152 valence electrons. The highest BCUT2D eigenvalue weighted by atomic mass is 35.5. The first-order valence-corrected chi connectivity index (χ1v) is 9.97. The first-order valence-electron chi connectivity index (χ1n) is 9.60. The van der Waals surface area contributed by atoms with Crippen molar-refractivity contribution in [2.45, 2.75) is 20.4 Å². The number of pyridine rings is 1. The van der Waals surface area contributed by atoms with Crippen LogP contribution in [0.3, 0.4) is 0 Å². The zero-order valence-electron chi connectivity index (χ0n) is 17.0. The molecule has 2 aromatic carbocycles. The van der Waals surface area contributed by atoms with E-state index in [1.807, 2.05) is 27.0 Å².